The van der Waals surface area contributed by atoms with Crippen molar-refractivity contribution >= 4 is 34.8 Å². The van der Waals surface area contributed by atoms with Crippen molar-refractivity contribution in [2.45, 2.75) is 37.8 Å². The van der Waals surface area contributed by atoms with Crippen LogP contribution in [-0.4, -0.2) is 59.1 Å². The molecule has 14 heteroatoms. The molecule has 1 atom stereocenters. The predicted molar refractivity (Wildman–Crippen MR) is 121 cm³/mol. The second kappa shape index (κ2) is 8.88. The molecule has 35 heavy (non-hydrogen) atoms. The highest BCUT2D eigenvalue weighted by atomic mass is 35.5. The molecule has 3 heterocycles. The minimum absolute atomic E-state index is 0.122. The molecule has 2 fully saturated rings. The maximum absolute atomic E-state index is 13.3. The van der Waals surface area contributed by atoms with E-state index in [1.54, 1.807) is 29.2 Å². The van der Waals surface area contributed by atoms with Crippen LogP contribution >= 0.6 is 11.6 Å². The largest absolute Gasteiger partial charge is 0.493 e. The third-order valence-electron chi connectivity index (χ3n) is 6.43. The van der Waals surface area contributed by atoms with E-state index >= 15 is 0 Å². The van der Waals surface area contributed by atoms with Crippen molar-refractivity contribution in [1.82, 2.24) is 19.8 Å². The maximum atomic E-state index is 13.3. The zero-order chi connectivity index (χ0) is 24.9. The standard InChI is InChI=1S/C21H22ClF3N6O4/c22-13-6-1-2-7-14(13)30-15-16(32)27-19(34)29(12-4-3-5-12)17(15)31(35-18(33)21(23,24)25)20(30)28-10-8-26-9-11-28/h1-2,6-7,12,20,26H,3-5,8-11H2,(H,27,32,34). The smallest absolute Gasteiger partial charge is 0.327 e. The van der Waals surface area contributed by atoms with E-state index in [0.717, 1.165) is 11.5 Å². The number of para-hydroxylation sites is 1. The normalized spacial score (nSPS) is 21.1. The topological polar surface area (TPSA) is 103 Å². The quantitative estimate of drug-likeness (QED) is 0.639. The van der Waals surface area contributed by atoms with E-state index in [4.69, 9.17) is 16.4 Å². The van der Waals surface area contributed by atoms with Crippen LogP contribution in [0.2, 0.25) is 5.02 Å². The van der Waals surface area contributed by atoms with Crippen LogP contribution in [0.15, 0.2) is 33.9 Å². The first-order valence-electron chi connectivity index (χ1n) is 11.1. The highest BCUT2D eigenvalue weighted by molar-refractivity contribution is 6.33. The van der Waals surface area contributed by atoms with Gasteiger partial charge in [-0.25, -0.2) is 9.59 Å². The minimum Gasteiger partial charge on any atom is -0.327 e. The molecular weight excluding hydrogens is 493 g/mol. The molecule has 5 rings (SSSR count). The number of nitrogens with zero attached hydrogens (tertiary/aromatic N) is 4. The summed E-state index contributed by atoms with van der Waals surface area (Å²) in [4.78, 5) is 48.6. The maximum Gasteiger partial charge on any atom is 0.493 e. The Morgan fingerprint density at radius 2 is 1.80 bits per heavy atom. The second-order valence-corrected chi connectivity index (χ2v) is 8.95. The Kier molecular flexibility index (Phi) is 6.01. The molecular formula is C21H22ClF3N6O4. The third-order valence-corrected chi connectivity index (χ3v) is 6.75. The van der Waals surface area contributed by atoms with Gasteiger partial charge in [0.1, 0.15) is 0 Å². The van der Waals surface area contributed by atoms with Gasteiger partial charge >= 0.3 is 17.8 Å². The summed E-state index contributed by atoms with van der Waals surface area (Å²) in [5.41, 5.74) is -1.42. The number of piperazine rings is 1. The summed E-state index contributed by atoms with van der Waals surface area (Å²) in [7, 11) is 0. The van der Waals surface area contributed by atoms with E-state index in [9.17, 15) is 27.6 Å². The SMILES string of the molecule is O=C(ON1c2c(c(=O)[nH]c(=O)n2C2CCC2)N(c2ccccc2Cl)C1N1CCNCC1)C(F)(F)F. The first kappa shape index (κ1) is 23.7. The number of aromatic amines is 1. The zero-order valence-electron chi connectivity index (χ0n) is 18.3. The number of H-pyrrole nitrogens is 1. The van der Waals surface area contributed by atoms with E-state index in [1.165, 1.54) is 9.47 Å². The van der Waals surface area contributed by atoms with Gasteiger partial charge in [-0.3, -0.25) is 24.1 Å². The van der Waals surface area contributed by atoms with Crippen molar-refractivity contribution in [2.75, 3.05) is 36.1 Å². The average Bonchev–Trinajstić information content (AvgIpc) is 3.10. The number of hydrogen-bond acceptors (Lipinski definition) is 8. The fourth-order valence-electron chi connectivity index (χ4n) is 4.62. The molecule has 3 aliphatic rings. The third kappa shape index (κ3) is 4.06. The van der Waals surface area contributed by atoms with Crippen LogP contribution in [-0.2, 0) is 9.63 Å². The first-order chi connectivity index (χ1) is 16.7. The number of carbonyl (C=O) groups excluding carboxylic acids is 1. The molecule has 0 bridgehead atoms. The molecule has 2 N–H and O–H groups in total. The van der Waals surface area contributed by atoms with Crippen molar-refractivity contribution in [3.63, 3.8) is 0 Å². The van der Waals surface area contributed by atoms with E-state index in [0.29, 0.717) is 44.7 Å². The van der Waals surface area contributed by atoms with Crippen molar-refractivity contribution in [2.24, 2.45) is 0 Å². The molecule has 1 saturated carbocycles. The van der Waals surface area contributed by atoms with Gasteiger partial charge in [0.2, 0.25) is 6.29 Å². The van der Waals surface area contributed by atoms with Gasteiger partial charge in [-0.1, -0.05) is 23.7 Å². The molecule has 0 spiro atoms. The molecule has 1 aliphatic carbocycles. The number of aromatic nitrogens is 2. The van der Waals surface area contributed by atoms with Crippen molar-refractivity contribution < 1.29 is 22.8 Å². The van der Waals surface area contributed by atoms with Crippen molar-refractivity contribution in [3.05, 3.63) is 50.1 Å². The highest BCUT2D eigenvalue weighted by Gasteiger charge is 2.52. The Morgan fingerprint density at radius 3 is 2.40 bits per heavy atom. The number of hydroxylamine groups is 1. The number of nitrogens with one attached hydrogen (secondary N) is 2. The lowest BCUT2D eigenvalue weighted by Crippen LogP contribution is -2.60. The fraction of sp³-hybridized carbons (Fsp3) is 0.476. The Balaban J connectivity index is 1.77. The number of carbonyl (C=O) groups is 1. The summed E-state index contributed by atoms with van der Waals surface area (Å²) in [5, 5.41) is 4.13. The number of fused-ring (bicyclic) bond motifs is 1. The number of hydrogen-bond donors (Lipinski definition) is 2. The van der Waals surface area contributed by atoms with Crippen LogP contribution in [0.4, 0.5) is 30.4 Å². The molecule has 188 valence electrons. The van der Waals surface area contributed by atoms with Crippen LogP contribution in [0.25, 0.3) is 0 Å². The Hall–Kier alpha value is -3.03. The molecule has 1 unspecified atom stereocenters. The highest BCUT2D eigenvalue weighted by Crippen LogP contribution is 2.47. The predicted octanol–water partition coefficient (Wildman–Crippen LogP) is 2.08. The molecule has 0 radical (unpaired) electrons. The number of rotatable bonds is 4. The van der Waals surface area contributed by atoms with Gasteiger partial charge in [-0.15, -0.1) is 5.06 Å². The summed E-state index contributed by atoms with van der Waals surface area (Å²) >= 11 is 6.47. The second-order valence-electron chi connectivity index (χ2n) is 8.54. The average molecular weight is 515 g/mol. The number of halogens is 4. The van der Waals surface area contributed by atoms with Crippen molar-refractivity contribution in [1.29, 1.82) is 0 Å². The monoisotopic (exact) mass is 514 g/mol. The number of anilines is 3. The van der Waals surface area contributed by atoms with Gasteiger partial charge in [-0.05, 0) is 31.4 Å². The van der Waals surface area contributed by atoms with Gasteiger partial charge in [0.25, 0.3) is 5.56 Å². The van der Waals surface area contributed by atoms with Crippen LogP contribution < -0.4 is 26.5 Å². The first-order valence-corrected chi connectivity index (χ1v) is 11.5. The lowest BCUT2D eigenvalue weighted by atomic mass is 9.93. The number of alkyl halides is 3. The molecule has 1 aromatic heterocycles. The van der Waals surface area contributed by atoms with Crippen LogP contribution in [0.1, 0.15) is 25.3 Å². The Bertz CT molecular complexity index is 1250. The summed E-state index contributed by atoms with van der Waals surface area (Å²) in [5.74, 6) is -2.66. The summed E-state index contributed by atoms with van der Waals surface area (Å²) < 4.78 is 41.2. The Morgan fingerprint density at radius 1 is 1.11 bits per heavy atom. The van der Waals surface area contributed by atoms with Gasteiger partial charge in [-0.2, -0.15) is 13.2 Å². The van der Waals surface area contributed by atoms with Gasteiger partial charge in [0.05, 0.1) is 10.7 Å². The summed E-state index contributed by atoms with van der Waals surface area (Å²) in [6.45, 7) is 1.75. The van der Waals surface area contributed by atoms with Crippen LogP contribution in [0.3, 0.4) is 0 Å². The lowest BCUT2D eigenvalue weighted by molar-refractivity contribution is -0.203. The number of benzene rings is 1. The van der Waals surface area contributed by atoms with E-state index in [1.807, 2.05) is 0 Å². The zero-order valence-corrected chi connectivity index (χ0v) is 19.1. The molecule has 1 saturated heterocycles. The van der Waals surface area contributed by atoms with Gasteiger partial charge in [0, 0.05) is 32.2 Å². The molecule has 0 amide bonds. The van der Waals surface area contributed by atoms with Crippen LogP contribution in [0, 0.1) is 0 Å². The van der Waals surface area contributed by atoms with Gasteiger partial charge in [0.15, 0.2) is 11.5 Å². The fourth-order valence-corrected chi connectivity index (χ4v) is 4.84. The lowest BCUT2D eigenvalue weighted by Gasteiger charge is -2.41. The minimum atomic E-state index is -5.30. The van der Waals surface area contributed by atoms with E-state index in [2.05, 4.69) is 10.3 Å². The molecule has 10 nitrogen and oxygen atoms in total. The van der Waals surface area contributed by atoms with E-state index in [-0.39, 0.29) is 22.6 Å². The van der Waals surface area contributed by atoms with Gasteiger partial charge < -0.3 is 10.2 Å². The van der Waals surface area contributed by atoms with Crippen molar-refractivity contribution in [3.8, 4) is 0 Å². The molecule has 2 aliphatic heterocycles. The summed E-state index contributed by atoms with van der Waals surface area (Å²) in [6.07, 6.45) is -4.50. The summed E-state index contributed by atoms with van der Waals surface area (Å²) in [6, 6.07) is 6.15. The molecule has 2 aromatic rings. The van der Waals surface area contributed by atoms with Crippen LogP contribution in [0.5, 0.6) is 0 Å². The molecule has 1 aromatic carbocycles. The van der Waals surface area contributed by atoms with E-state index < -0.39 is 29.7 Å². The Labute approximate surface area is 201 Å².